The molecule has 106 valence electrons. The summed E-state index contributed by atoms with van der Waals surface area (Å²) in [5.74, 6) is 0.407. The Kier molecular flexibility index (Phi) is 4.31. The molecular weight excluding hydrogens is 265 g/mol. The minimum absolute atomic E-state index is 0.0495. The van der Waals surface area contributed by atoms with Gasteiger partial charge in [-0.1, -0.05) is 17.3 Å². The van der Waals surface area contributed by atoms with Gasteiger partial charge in [0.25, 0.3) is 0 Å². The molecule has 1 aromatic carbocycles. The van der Waals surface area contributed by atoms with Crippen LogP contribution in [0, 0.1) is 12.7 Å². The zero-order chi connectivity index (χ0) is 14.5. The largest absolute Gasteiger partial charge is 0.387 e. The molecule has 20 heavy (non-hydrogen) atoms. The van der Waals surface area contributed by atoms with Gasteiger partial charge in [-0.05, 0) is 24.6 Å². The molecule has 0 saturated heterocycles. The van der Waals surface area contributed by atoms with Crippen LogP contribution < -0.4 is 10.6 Å². The van der Waals surface area contributed by atoms with Gasteiger partial charge in [0.2, 0.25) is 0 Å². The number of halogens is 1. The summed E-state index contributed by atoms with van der Waals surface area (Å²) in [6.45, 7) is 1.65. The average molecular weight is 279 g/mol. The van der Waals surface area contributed by atoms with Crippen molar-refractivity contribution in [2.24, 2.45) is 0 Å². The van der Waals surface area contributed by atoms with E-state index in [1.165, 1.54) is 18.2 Å². The summed E-state index contributed by atoms with van der Waals surface area (Å²) in [7, 11) is 0. The number of aromatic nitrogens is 1. The maximum atomic E-state index is 13.0. The van der Waals surface area contributed by atoms with Crippen molar-refractivity contribution in [1.29, 1.82) is 0 Å². The van der Waals surface area contributed by atoms with E-state index in [0.717, 1.165) is 0 Å². The topological polar surface area (TPSA) is 87.4 Å². The van der Waals surface area contributed by atoms with Crippen LogP contribution in [-0.4, -0.2) is 22.8 Å². The number of aryl methyl sites for hydroxylation is 1. The Labute approximate surface area is 114 Å². The molecule has 1 unspecified atom stereocenters. The fourth-order valence-corrected chi connectivity index (χ4v) is 1.61. The number of carbonyl (C=O) groups is 1. The molecule has 0 aliphatic heterocycles. The SMILES string of the molecule is Cc1cc(NC(=O)NCC(O)c2cccc(F)c2)no1. The van der Waals surface area contributed by atoms with Gasteiger partial charge >= 0.3 is 6.03 Å². The van der Waals surface area contributed by atoms with E-state index in [1.807, 2.05) is 0 Å². The molecular formula is C13H14FN3O3. The second kappa shape index (κ2) is 6.16. The van der Waals surface area contributed by atoms with E-state index in [1.54, 1.807) is 19.1 Å². The van der Waals surface area contributed by atoms with Crippen LogP contribution in [0.5, 0.6) is 0 Å². The van der Waals surface area contributed by atoms with Crippen LogP contribution in [0.2, 0.25) is 0 Å². The zero-order valence-electron chi connectivity index (χ0n) is 10.8. The van der Waals surface area contributed by atoms with Gasteiger partial charge in [0.05, 0.1) is 6.10 Å². The number of urea groups is 1. The van der Waals surface area contributed by atoms with E-state index in [0.29, 0.717) is 11.3 Å². The lowest BCUT2D eigenvalue weighted by atomic mass is 10.1. The van der Waals surface area contributed by atoms with Gasteiger partial charge in [-0.15, -0.1) is 0 Å². The molecule has 3 N–H and O–H groups in total. The minimum Gasteiger partial charge on any atom is -0.387 e. The maximum Gasteiger partial charge on any atom is 0.320 e. The number of nitrogens with one attached hydrogen (secondary N) is 2. The third kappa shape index (κ3) is 3.79. The summed E-state index contributed by atoms with van der Waals surface area (Å²) < 4.78 is 17.8. The number of nitrogens with zero attached hydrogens (tertiary/aromatic N) is 1. The summed E-state index contributed by atoms with van der Waals surface area (Å²) in [4.78, 5) is 11.5. The standard InChI is InChI=1S/C13H14FN3O3/c1-8-5-12(17-20-8)16-13(19)15-7-11(18)9-3-2-4-10(14)6-9/h2-6,11,18H,7H2,1H3,(H2,15,16,17,19). The van der Waals surface area contributed by atoms with Crippen molar-refractivity contribution in [3.63, 3.8) is 0 Å². The van der Waals surface area contributed by atoms with Gasteiger partial charge < -0.3 is 14.9 Å². The van der Waals surface area contributed by atoms with Gasteiger partial charge in [0, 0.05) is 12.6 Å². The first-order valence-electron chi connectivity index (χ1n) is 5.96. The molecule has 2 rings (SSSR count). The van der Waals surface area contributed by atoms with Gasteiger partial charge in [0.15, 0.2) is 5.82 Å². The first kappa shape index (κ1) is 14.0. The summed E-state index contributed by atoms with van der Waals surface area (Å²) in [5.41, 5.74) is 0.391. The lowest BCUT2D eigenvalue weighted by Crippen LogP contribution is -2.32. The van der Waals surface area contributed by atoms with Crippen LogP contribution in [0.1, 0.15) is 17.4 Å². The maximum absolute atomic E-state index is 13.0. The normalized spacial score (nSPS) is 11.9. The molecule has 1 heterocycles. The number of hydrogen-bond donors (Lipinski definition) is 3. The Morgan fingerprint density at radius 3 is 2.95 bits per heavy atom. The van der Waals surface area contributed by atoms with Crippen molar-refractivity contribution in [2.75, 3.05) is 11.9 Å². The van der Waals surface area contributed by atoms with Crippen LogP contribution in [0.25, 0.3) is 0 Å². The van der Waals surface area contributed by atoms with E-state index in [4.69, 9.17) is 4.52 Å². The zero-order valence-corrected chi connectivity index (χ0v) is 10.8. The molecule has 2 amide bonds. The van der Waals surface area contributed by atoms with Crippen LogP contribution in [-0.2, 0) is 0 Å². The van der Waals surface area contributed by atoms with E-state index in [2.05, 4.69) is 15.8 Å². The molecule has 1 atom stereocenters. The predicted octanol–water partition coefficient (Wildman–Crippen LogP) is 1.98. The van der Waals surface area contributed by atoms with Crippen molar-refractivity contribution < 1.29 is 18.8 Å². The van der Waals surface area contributed by atoms with Crippen molar-refractivity contribution in [3.8, 4) is 0 Å². The number of benzene rings is 1. The monoisotopic (exact) mass is 279 g/mol. The van der Waals surface area contributed by atoms with Crippen molar-refractivity contribution >= 4 is 11.8 Å². The Morgan fingerprint density at radius 2 is 2.30 bits per heavy atom. The molecule has 2 aromatic rings. The van der Waals surface area contributed by atoms with Crippen molar-refractivity contribution in [3.05, 3.63) is 47.5 Å². The van der Waals surface area contributed by atoms with E-state index >= 15 is 0 Å². The predicted molar refractivity (Wildman–Crippen MR) is 69.6 cm³/mol. The van der Waals surface area contributed by atoms with Crippen molar-refractivity contribution in [2.45, 2.75) is 13.0 Å². The molecule has 0 saturated carbocycles. The van der Waals surface area contributed by atoms with E-state index in [9.17, 15) is 14.3 Å². The van der Waals surface area contributed by atoms with Gasteiger partial charge in [-0.2, -0.15) is 0 Å². The number of carbonyl (C=O) groups excluding carboxylic acids is 1. The number of amides is 2. The number of aliphatic hydroxyl groups excluding tert-OH is 1. The Balaban J connectivity index is 1.84. The van der Waals surface area contributed by atoms with Gasteiger partial charge in [-0.25, -0.2) is 9.18 Å². The third-order valence-electron chi connectivity index (χ3n) is 2.56. The molecule has 7 heteroatoms. The molecule has 0 spiro atoms. The fraction of sp³-hybridized carbons (Fsp3) is 0.231. The molecule has 6 nitrogen and oxygen atoms in total. The van der Waals surface area contributed by atoms with E-state index in [-0.39, 0.29) is 12.4 Å². The quantitative estimate of drug-likeness (QED) is 0.798. The number of hydrogen-bond acceptors (Lipinski definition) is 4. The van der Waals surface area contributed by atoms with E-state index < -0.39 is 18.0 Å². The average Bonchev–Trinajstić information content (AvgIpc) is 2.81. The van der Waals surface area contributed by atoms with Crippen LogP contribution in [0.15, 0.2) is 34.9 Å². The highest BCUT2D eigenvalue weighted by Gasteiger charge is 2.11. The lowest BCUT2D eigenvalue weighted by molar-refractivity contribution is 0.174. The number of aliphatic hydroxyl groups is 1. The summed E-state index contributed by atoms with van der Waals surface area (Å²) in [6.07, 6.45) is -0.990. The minimum atomic E-state index is -0.990. The molecule has 1 aromatic heterocycles. The number of rotatable bonds is 4. The van der Waals surface area contributed by atoms with Crippen LogP contribution in [0.4, 0.5) is 15.0 Å². The summed E-state index contributed by atoms with van der Waals surface area (Å²) in [6, 6.07) is 6.59. The first-order valence-corrected chi connectivity index (χ1v) is 5.96. The highest BCUT2D eigenvalue weighted by atomic mass is 19.1. The molecule has 0 fully saturated rings. The third-order valence-corrected chi connectivity index (χ3v) is 2.56. The molecule has 0 aliphatic rings. The Bertz CT molecular complexity index is 600. The summed E-state index contributed by atoms with van der Waals surface area (Å²) in [5, 5.41) is 18.3. The number of anilines is 1. The Morgan fingerprint density at radius 1 is 1.50 bits per heavy atom. The highest BCUT2D eigenvalue weighted by molar-refractivity contribution is 5.88. The summed E-state index contributed by atoms with van der Waals surface area (Å²) >= 11 is 0. The molecule has 0 radical (unpaired) electrons. The van der Waals surface area contributed by atoms with Crippen LogP contribution in [0.3, 0.4) is 0 Å². The second-order valence-corrected chi connectivity index (χ2v) is 4.23. The fourth-order valence-electron chi connectivity index (χ4n) is 1.61. The Hall–Kier alpha value is -2.41. The van der Waals surface area contributed by atoms with Gasteiger partial charge in [-0.3, -0.25) is 5.32 Å². The van der Waals surface area contributed by atoms with Gasteiger partial charge in [0.1, 0.15) is 11.6 Å². The lowest BCUT2D eigenvalue weighted by Gasteiger charge is -2.12. The van der Waals surface area contributed by atoms with Crippen molar-refractivity contribution in [1.82, 2.24) is 10.5 Å². The first-order chi connectivity index (χ1) is 9.54. The highest BCUT2D eigenvalue weighted by Crippen LogP contribution is 2.13. The van der Waals surface area contributed by atoms with Crippen LogP contribution >= 0.6 is 0 Å². The molecule has 0 bridgehead atoms. The molecule has 0 aliphatic carbocycles. The second-order valence-electron chi connectivity index (χ2n) is 4.23. The smallest absolute Gasteiger partial charge is 0.320 e.